The predicted octanol–water partition coefficient (Wildman–Crippen LogP) is 3.34. The lowest BCUT2D eigenvalue weighted by molar-refractivity contribution is -0.383. The van der Waals surface area contributed by atoms with Crippen molar-refractivity contribution < 1.29 is 9.72 Å². The van der Waals surface area contributed by atoms with E-state index in [-0.39, 0.29) is 17.6 Å². The fraction of sp³-hybridized carbons (Fsp3) is 0.533. The van der Waals surface area contributed by atoms with Crippen molar-refractivity contribution in [1.29, 1.82) is 0 Å². The molecular formula is C15H23N3O3. The van der Waals surface area contributed by atoms with Crippen LogP contribution in [0.1, 0.15) is 49.9 Å². The van der Waals surface area contributed by atoms with Gasteiger partial charge in [-0.1, -0.05) is 26.2 Å². The Bertz CT molecular complexity index is 503. The molecule has 0 aliphatic rings. The van der Waals surface area contributed by atoms with Crippen LogP contribution in [0.25, 0.3) is 0 Å². The molecule has 1 amide bonds. The quantitative estimate of drug-likeness (QED) is 0.437. The van der Waals surface area contributed by atoms with Gasteiger partial charge in [0.05, 0.1) is 4.92 Å². The lowest BCUT2D eigenvalue weighted by atomic mass is 10.1. The molecule has 6 heteroatoms. The second-order valence-electron chi connectivity index (χ2n) is 5.11. The molecule has 1 unspecified atom stereocenters. The topological polar surface area (TPSA) is 84.3 Å². The normalized spacial score (nSPS) is 11.8. The van der Waals surface area contributed by atoms with Crippen LogP contribution in [0, 0.1) is 10.1 Å². The molecule has 0 fully saturated rings. The number of rotatable bonds is 8. The fourth-order valence-corrected chi connectivity index (χ4v) is 2.12. The molecule has 0 heterocycles. The molecule has 0 spiro atoms. The standard InChI is InChI=1S/C15H23N3O3/c1-4-5-6-7-11(2)17-15(19)12-8-9-14(18(20)21)13(10-12)16-3/h8-11,16H,4-7H2,1-3H3,(H,17,19). The molecule has 0 aliphatic heterocycles. The molecule has 116 valence electrons. The highest BCUT2D eigenvalue weighted by atomic mass is 16.6. The first-order chi connectivity index (χ1) is 9.99. The lowest BCUT2D eigenvalue weighted by Gasteiger charge is -2.14. The summed E-state index contributed by atoms with van der Waals surface area (Å²) >= 11 is 0. The third kappa shape index (κ3) is 5.06. The van der Waals surface area contributed by atoms with E-state index in [1.54, 1.807) is 7.05 Å². The fourth-order valence-electron chi connectivity index (χ4n) is 2.12. The SMILES string of the molecule is CCCCCC(C)NC(=O)c1ccc([N+](=O)[O-])c(NC)c1. The minimum Gasteiger partial charge on any atom is -0.383 e. The molecule has 0 saturated heterocycles. The van der Waals surface area contributed by atoms with Gasteiger partial charge in [0.1, 0.15) is 5.69 Å². The van der Waals surface area contributed by atoms with E-state index >= 15 is 0 Å². The monoisotopic (exact) mass is 293 g/mol. The molecule has 1 rings (SSSR count). The number of hydrogen-bond donors (Lipinski definition) is 2. The Labute approximate surface area is 125 Å². The van der Waals surface area contributed by atoms with E-state index in [4.69, 9.17) is 0 Å². The summed E-state index contributed by atoms with van der Waals surface area (Å²) in [5.74, 6) is -0.203. The number of nitro benzene ring substituents is 1. The lowest BCUT2D eigenvalue weighted by Crippen LogP contribution is -2.32. The molecule has 1 aromatic rings. The smallest absolute Gasteiger partial charge is 0.292 e. The summed E-state index contributed by atoms with van der Waals surface area (Å²) in [6.07, 6.45) is 4.32. The Hall–Kier alpha value is -2.11. The summed E-state index contributed by atoms with van der Waals surface area (Å²) in [6, 6.07) is 4.43. The molecule has 21 heavy (non-hydrogen) atoms. The summed E-state index contributed by atoms with van der Waals surface area (Å²) in [6.45, 7) is 4.11. The summed E-state index contributed by atoms with van der Waals surface area (Å²) in [4.78, 5) is 22.5. The maximum absolute atomic E-state index is 12.1. The number of nitrogens with one attached hydrogen (secondary N) is 2. The zero-order chi connectivity index (χ0) is 15.8. The molecule has 1 atom stereocenters. The van der Waals surface area contributed by atoms with E-state index in [1.807, 2.05) is 6.92 Å². The zero-order valence-electron chi connectivity index (χ0n) is 12.8. The molecule has 0 aromatic heterocycles. The average Bonchev–Trinajstić information content (AvgIpc) is 2.46. The van der Waals surface area contributed by atoms with Crippen LogP contribution in [0.2, 0.25) is 0 Å². The molecule has 0 aliphatic carbocycles. The third-order valence-corrected chi connectivity index (χ3v) is 3.34. The van der Waals surface area contributed by atoms with Crippen molar-refractivity contribution in [2.75, 3.05) is 12.4 Å². The van der Waals surface area contributed by atoms with E-state index in [1.165, 1.54) is 18.2 Å². The molecule has 6 nitrogen and oxygen atoms in total. The van der Waals surface area contributed by atoms with Gasteiger partial charge in [-0.3, -0.25) is 14.9 Å². The Morgan fingerprint density at radius 1 is 1.38 bits per heavy atom. The average molecular weight is 293 g/mol. The zero-order valence-corrected chi connectivity index (χ0v) is 12.8. The van der Waals surface area contributed by atoms with Crippen LogP contribution in [-0.2, 0) is 0 Å². The Morgan fingerprint density at radius 3 is 2.67 bits per heavy atom. The number of unbranched alkanes of at least 4 members (excludes halogenated alkanes) is 2. The van der Waals surface area contributed by atoms with Crippen LogP contribution in [0.3, 0.4) is 0 Å². The molecule has 0 radical (unpaired) electrons. The molecule has 0 bridgehead atoms. The minimum absolute atomic E-state index is 0.0370. The molecular weight excluding hydrogens is 270 g/mol. The number of nitro groups is 1. The van der Waals surface area contributed by atoms with Crippen molar-refractivity contribution in [3.05, 3.63) is 33.9 Å². The van der Waals surface area contributed by atoms with Gasteiger partial charge in [-0.15, -0.1) is 0 Å². The van der Waals surface area contributed by atoms with Gasteiger partial charge >= 0.3 is 0 Å². The maximum Gasteiger partial charge on any atom is 0.292 e. The number of nitrogens with zero attached hydrogens (tertiary/aromatic N) is 1. The summed E-state index contributed by atoms with van der Waals surface area (Å²) in [5, 5.41) is 16.5. The van der Waals surface area contributed by atoms with E-state index in [2.05, 4.69) is 17.6 Å². The number of benzene rings is 1. The highest BCUT2D eigenvalue weighted by Crippen LogP contribution is 2.24. The van der Waals surface area contributed by atoms with Gasteiger partial charge in [-0.25, -0.2) is 0 Å². The number of amides is 1. The number of carbonyl (C=O) groups is 1. The first-order valence-electron chi connectivity index (χ1n) is 7.26. The predicted molar refractivity (Wildman–Crippen MR) is 83.7 cm³/mol. The van der Waals surface area contributed by atoms with Crippen molar-refractivity contribution in [2.24, 2.45) is 0 Å². The largest absolute Gasteiger partial charge is 0.383 e. The van der Waals surface area contributed by atoms with E-state index in [0.29, 0.717) is 11.3 Å². The van der Waals surface area contributed by atoms with Crippen LogP contribution >= 0.6 is 0 Å². The molecule has 2 N–H and O–H groups in total. The number of anilines is 1. The van der Waals surface area contributed by atoms with Gasteiger partial charge in [-0.2, -0.15) is 0 Å². The van der Waals surface area contributed by atoms with E-state index in [0.717, 1.165) is 25.7 Å². The highest BCUT2D eigenvalue weighted by molar-refractivity contribution is 5.96. The number of hydrogen-bond acceptors (Lipinski definition) is 4. The summed E-state index contributed by atoms with van der Waals surface area (Å²) < 4.78 is 0. The second-order valence-corrected chi connectivity index (χ2v) is 5.11. The van der Waals surface area contributed by atoms with Crippen molar-refractivity contribution >= 4 is 17.3 Å². The van der Waals surface area contributed by atoms with Crippen molar-refractivity contribution in [2.45, 2.75) is 45.6 Å². The van der Waals surface area contributed by atoms with E-state index in [9.17, 15) is 14.9 Å². The Morgan fingerprint density at radius 2 is 2.10 bits per heavy atom. The van der Waals surface area contributed by atoms with Gasteiger partial charge in [0.15, 0.2) is 0 Å². The Balaban J connectivity index is 2.72. The highest BCUT2D eigenvalue weighted by Gasteiger charge is 2.16. The first kappa shape index (κ1) is 16.9. The first-order valence-corrected chi connectivity index (χ1v) is 7.26. The van der Waals surface area contributed by atoms with Gasteiger partial charge < -0.3 is 10.6 Å². The van der Waals surface area contributed by atoms with Gasteiger partial charge in [0.25, 0.3) is 11.6 Å². The number of carbonyl (C=O) groups excluding carboxylic acids is 1. The summed E-state index contributed by atoms with van der Waals surface area (Å²) in [5.41, 5.74) is 0.726. The molecule has 0 saturated carbocycles. The van der Waals surface area contributed by atoms with Crippen molar-refractivity contribution in [3.63, 3.8) is 0 Å². The van der Waals surface area contributed by atoms with Gasteiger partial charge in [0, 0.05) is 24.7 Å². The van der Waals surface area contributed by atoms with Crippen LogP contribution in [0.4, 0.5) is 11.4 Å². The van der Waals surface area contributed by atoms with Crippen LogP contribution in [-0.4, -0.2) is 23.9 Å². The minimum atomic E-state index is -0.471. The van der Waals surface area contributed by atoms with Crippen LogP contribution < -0.4 is 10.6 Å². The molecule has 1 aromatic carbocycles. The van der Waals surface area contributed by atoms with Crippen molar-refractivity contribution in [1.82, 2.24) is 5.32 Å². The Kier molecular flexibility index (Phi) is 6.65. The van der Waals surface area contributed by atoms with Gasteiger partial charge in [0.2, 0.25) is 0 Å². The second kappa shape index (κ2) is 8.24. The van der Waals surface area contributed by atoms with E-state index < -0.39 is 4.92 Å². The third-order valence-electron chi connectivity index (χ3n) is 3.34. The van der Waals surface area contributed by atoms with Crippen LogP contribution in [0.5, 0.6) is 0 Å². The maximum atomic E-state index is 12.1. The van der Waals surface area contributed by atoms with Crippen molar-refractivity contribution in [3.8, 4) is 0 Å². The van der Waals surface area contributed by atoms with Gasteiger partial charge in [-0.05, 0) is 25.5 Å². The summed E-state index contributed by atoms with van der Waals surface area (Å²) in [7, 11) is 1.59. The van der Waals surface area contributed by atoms with Crippen LogP contribution in [0.15, 0.2) is 18.2 Å².